The lowest BCUT2D eigenvalue weighted by atomic mass is 10.3. The number of nitrogen functional groups attached to an aromatic ring is 2. The van der Waals surface area contributed by atoms with Crippen molar-refractivity contribution in [1.82, 2.24) is 4.98 Å². The largest absolute Gasteiger partial charge is 0.396 e. The molecule has 0 saturated heterocycles. The van der Waals surface area contributed by atoms with Gasteiger partial charge in [-0.05, 0) is 36.4 Å². The molecule has 82 valence electrons. The van der Waals surface area contributed by atoms with Crippen molar-refractivity contribution >= 4 is 23.0 Å². The van der Waals surface area contributed by atoms with Gasteiger partial charge in [-0.1, -0.05) is 0 Å². The minimum atomic E-state index is -0.282. The van der Waals surface area contributed by atoms with Gasteiger partial charge in [0.25, 0.3) is 0 Å². The third-order valence-electron chi connectivity index (χ3n) is 2.07. The van der Waals surface area contributed by atoms with Crippen molar-refractivity contribution in [3.05, 3.63) is 42.2 Å². The average Bonchev–Trinajstić information content (AvgIpc) is 2.27. The predicted octanol–water partition coefficient (Wildman–Crippen LogP) is 2.13. The summed E-state index contributed by atoms with van der Waals surface area (Å²) in [5.41, 5.74) is 12.3. The van der Waals surface area contributed by atoms with E-state index in [2.05, 4.69) is 10.3 Å². The van der Waals surface area contributed by atoms with E-state index in [-0.39, 0.29) is 11.6 Å². The molecule has 0 fully saturated rings. The number of nitrogens with two attached hydrogens (primary N) is 2. The first-order valence-electron chi connectivity index (χ1n) is 4.70. The van der Waals surface area contributed by atoms with Gasteiger partial charge in [0.1, 0.15) is 17.5 Å². The number of anilines is 4. The van der Waals surface area contributed by atoms with Crippen LogP contribution in [0.1, 0.15) is 0 Å². The van der Waals surface area contributed by atoms with E-state index in [4.69, 9.17) is 11.5 Å². The average molecular weight is 218 g/mol. The second kappa shape index (κ2) is 4.06. The fourth-order valence-electron chi connectivity index (χ4n) is 1.24. The highest BCUT2D eigenvalue weighted by molar-refractivity contribution is 5.65. The summed E-state index contributed by atoms with van der Waals surface area (Å²) >= 11 is 0. The summed E-state index contributed by atoms with van der Waals surface area (Å²) in [5, 5.41) is 2.99. The molecule has 5 heteroatoms. The molecule has 0 amide bonds. The Morgan fingerprint density at radius 2 is 1.69 bits per heavy atom. The van der Waals surface area contributed by atoms with Gasteiger partial charge in [-0.25, -0.2) is 9.37 Å². The smallest absolute Gasteiger partial charge is 0.149 e. The Balaban J connectivity index is 2.20. The molecule has 1 aromatic carbocycles. The molecule has 1 aromatic heterocycles. The molecule has 0 aliphatic rings. The van der Waals surface area contributed by atoms with Crippen LogP contribution in [0.2, 0.25) is 0 Å². The van der Waals surface area contributed by atoms with Crippen LogP contribution >= 0.6 is 0 Å². The highest BCUT2D eigenvalue weighted by Crippen LogP contribution is 2.19. The first-order valence-corrected chi connectivity index (χ1v) is 4.70. The molecule has 16 heavy (non-hydrogen) atoms. The monoisotopic (exact) mass is 218 g/mol. The van der Waals surface area contributed by atoms with E-state index in [9.17, 15) is 4.39 Å². The van der Waals surface area contributed by atoms with Gasteiger partial charge in [0.2, 0.25) is 0 Å². The number of aromatic nitrogens is 1. The normalized spacial score (nSPS) is 10.1. The SMILES string of the molecule is Nc1ccc(Nc2ccc(F)cc2)nc1N. The maximum atomic E-state index is 12.7. The molecule has 0 aliphatic carbocycles. The van der Waals surface area contributed by atoms with Gasteiger partial charge >= 0.3 is 0 Å². The van der Waals surface area contributed by atoms with Crippen molar-refractivity contribution < 1.29 is 4.39 Å². The number of benzene rings is 1. The third-order valence-corrected chi connectivity index (χ3v) is 2.07. The van der Waals surface area contributed by atoms with Crippen molar-refractivity contribution in [1.29, 1.82) is 0 Å². The molecule has 0 bridgehead atoms. The quantitative estimate of drug-likeness (QED) is 0.721. The van der Waals surface area contributed by atoms with Gasteiger partial charge in [-0.2, -0.15) is 0 Å². The van der Waals surface area contributed by atoms with Crippen LogP contribution in [0.25, 0.3) is 0 Å². The highest BCUT2D eigenvalue weighted by atomic mass is 19.1. The number of rotatable bonds is 2. The zero-order valence-corrected chi connectivity index (χ0v) is 8.44. The summed E-state index contributed by atoms with van der Waals surface area (Å²) in [7, 11) is 0. The van der Waals surface area contributed by atoms with Crippen LogP contribution in [0, 0.1) is 5.82 Å². The van der Waals surface area contributed by atoms with Crippen LogP contribution in [0.3, 0.4) is 0 Å². The van der Waals surface area contributed by atoms with Gasteiger partial charge in [-0.3, -0.25) is 0 Å². The maximum Gasteiger partial charge on any atom is 0.149 e. The molecule has 2 aromatic rings. The standard InChI is InChI=1S/C11H11FN4/c12-7-1-3-8(4-2-7)15-10-6-5-9(13)11(14)16-10/h1-6H,13H2,(H3,14,15,16). The summed E-state index contributed by atoms with van der Waals surface area (Å²) in [5.74, 6) is 0.556. The van der Waals surface area contributed by atoms with E-state index in [1.165, 1.54) is 12.1 Å². The van der Waals surface area contributed by atoms with E-state index in [0.717, 1.165) is 5.69 Å². The number of nitrogens with one attached hydrogen (secondary N) is 1. The second-order valence-electron chi connectivity index (χ2n) is 3.30. The molecule has 0 radical (unpaired) electrons. The highest BCUT2D eigenvalue weighted by Gasteiger charge is 1.99. The summed E-state index contributed by atoms with van der Waals surface area (Å²) in [6.45, 7) is 0. The molecule has 0 aliphatic heterocycles. The molecule has 0 saturated carbocycles. The van der Waals surface area contributed by atoms with E-state index in [1.54, 1.807) is 24.3 Å². The van der Waals surface area contributed by atoms with Gasteiger partial charge in [0, 0.05) is 5.69 Å². The van der Waals surface area contributed by atoms with Crippen molar-refractivity contribution in [3.63, 3.8) is 0 Å². The number of pyridine rings is 1. The van der Waals surface area contributed by atoms with Crippen molar-refractivity contribution in [2.75, 3.05) is 16.8 Å². The molecule has 4 nitrogen and oxygen atoms in total. The second-order valence-corrected chi connectivity index (χ2v) is 3.30. The van der Waals surface area contributed by atoms with Crippen LogP contribution in [-0.4, -0.2) is 4.98 Å². The Morgan fingerprint density at radius 1 is 1.00 bits per heavy atom. The Kier molecular flexibility index (Phi) is 2.59. The number of halogens is 1. The number of hydrogen-bond acceptors (Lipinski definition) is 4. The minimum absolute atomic E-state index is 0.270. The van der Waals surface area contributed by atoms with Crippen LogP contribution < -0.4 is 16.8 Å². The Morgan fingerprint density at radius 3 is 2.31 bits per heavy atom. The molecule has 2 rings (SSSR count). The van der Waals surface area contributed by atoms with Crippen LogP contribution in [0.5, 0.6) is 0 Å². The lowest BCUT2D eigenvalue weighted by Crippen LogP contribution is -2.00. The molecule has 0 atom stereocenters. The van der Waals surface area contributed by atoms with E-state index >= 15 is 0 Å². The molecule has 0 spiro atoms. The van der Waals surface area contributed by atoms with E-state index in [1.807, 2.05) is 0 Å². The van der Waals surface area contributed by atoms with Gasteiger partial charge < -0.3 is 16.8 Å². The first-order chi connectivity index (χ1) is 7.65. The Bertz CT molecular complexity index is 496. The van der Waals surface area contributed by atoms with Gasteiger partial charge in [0.15, 0.2) is 0 Å². The molecule has 1 heterocycles. The number of hydrogen-bond donors (Lipinski definition) is 3. The van der Waals surface area contributed by atoms with Crippen LogP contribution in [0.4, 0.5) is 27.4 Å². The van der Waals surface area contributed by atoms with Crippen LogP contribution in [0.15, 0.2) is 36.4 Å². The van der Waals surface area contributed by atoms with E-state index < -0.39 is 0 Å². The van der Waals surface area contributed by atoms with Crippen molar-refractivity contribution in [2.24, 2.45) is 0 Å². The third kappa shape index (κ3) is 2.20. The lowest BCUT2D eigenvalue weighted by molar-refractivity contribution is 0.628. The minimum Gasteiger partial charge on any atom is -0.396 e. The summed E-state index contributed by atoms with van der Waals surface area (Å²) in [6.07, 6.45) is 0. The van der Waals surface area contributed by atoms with Crippen molar-refractivity contribution in [3.8, 4) is 0 Å². The zero-order valence-electron chi connectivity index (χ0n) is 8.44. The fourth-order valence-corrected chi connectivity index (χ4v) is 1.24. The summed E-state index contributed by atoms with van der Waals surface area (Å²) in [6, 6.07) is 9.32. The summed E-state index contributed by atoms with van der Waals surface area (Å²) < 4.78 is 12.7. The summed E-state index contributed by atoms with van der Waals surface area (Å²) in [4.78, 5) is 4.04. The number of nitrogens with zero attached hydrogens (tertiary/aromatic N) is 1. The Hall–Kier alpha value is -2.30. The fraction of sp³-hybridized carbons (Fsp3) is 0. The molecule has 5 N–H and O–H groups in total. The molecule has 0 unspecified atom stereocenters. The van der Waals surface area contributed by atoms with Crippen molar-refractivity contribution in [2.45, 2.75) is 0 Å². The first kappa shape index (κ1) is 10.2. The topological polar surface area (TPSA) is 77.0 Å². The van der Waals surface area contributed by atoms with Gasteiger partial charge in [0.05, 0.1) is 5.69 Å². The Labute approximate surface area is 92.1 Å². The maximum absolute atomic E-state index is 12.7. The molecular weight excluding hydrogens is 207 g/mol. The van der Waals surface area contributed by atoms with Gasteiger partial charge in [-0.15, -0.1) is 0 Å². The van der Waals surface area contributed by atoms with E-state index in [0.29, 0.717) is 11.5 Å². The van der Waals surface area contributed by atoms with Crippen LogP contribution in [-0.2, 0) is 0 Å². The predicted molar refractivity (Wildman–Crippen MR) is 62.7 cm³/mol. The zero-order chi connectivity index (χ0) is 11.5. The molecular formula is C11H11FN4. The lowest BCUT2D eigenvalue weighted by Gasteiger charge is -2.07.